The monoisotopic (exact) mass is 337 g/mol. The molecular weight excluding hydrogens is 318 g/mol. The Balaban J connectivity index is 1.75. The number of sulfonamides is 1. The van der Waals surface area contributed by atoms with Crippen LogP contribution in [-0.4, -0.2) is 53.8 Å². The molecule has 1 saturated heterocycles. The number of rotatable bonds is 5. The largest absolute Gasteiger partial charge is 0.379 e. The Morgan fingerprint density at radius 2 is 2.09 bits per heavy atom. The van der Waals surface area contributed by atoms with Gasteiger partial charge < -0.3 is 10.1 Å². The number of aryl methyl sites for hydroxylation is 1. The van der Waals surface area contributed by atoms with E-state index in [4.69, 9.17) is 4.74 Å². The smallest absolute Gasteiger partial charge is 0.243 e. The Labute approximate surface area is 135 Å². The predicted molar refractivity (Wildman–Crippen MR) is 84.3 cm³/mol. The van der Waals surface area contributed by atoms with Crippen molar-refractivity contribution in [3.05, 3.63) is 36.4 Å². The molecule has 9 heteroatoms. The molecule has 8 nitrogen and oxygen atoms in total. The third-order valence-corrected chi connectivity index (χ3v) is 5.59. The highest BCUT2D eigenvalue weighted by Gasteiger charge is 2.26. The predicted octanol–water partition coefficient (Wildman–Crippen LogP) is 0.448. The minimum absolute atomic E-state index is 0.280. The van der Waals surface area contributed by atoms with Gasteiger partial charge in [-0.05, 0) is 18.2 Å². The van der Waals surface area contributed by atoms with Gasteiger partial charge in [-0.1, -0.05) is 6.07 Å². The van der Waals surface area contributed by atoms with E-state index in [-0.39, 0.29) is 4.90 Å². The summed E-state index contributed by atoms with van der Waals surface area (Å²) in [5.74, 6) is 0.770. The zero-order valence-corrected chi connectivity index (χ0v) is 13.7. The van der Waals surface area contributed by atoms with E-state index in [2.05, 4.69) is 15.4 Å². The van der Waals surface area contributed by atoms with Gasteiger partial charge >= 0.3 is 0 Å². The number of nitrogens with zero attached hydrogens (tertiary/aromatic N) is 4. The van der Waals surface area contributed by atoms with Gasteiger partial charge in [-0.25, -0.2) is 13.4 Å². The molecule has 0 radical (unpaired) electrons. The van der Waals surface area contributed by atoms with Gasteiger partial charge in [-0.2, -0.15) is 9.40 Å². The Kier molecular flexibility index (Phi) is 4.60. The summed E-state index contributed by atoms with van der Waals surface area (Å²) in [5, 5.41) is 7.17. The fourth-order valence-corrected chi connectivity index (χ4v) is 3.82. The molecule has 3 rings (SSSR count). The average molecular weight is 337 g/mol. The molecule has 0 bridgehead atoms. The van der Waals surface area contributed by atoms with Crippen LogP contribution in [0.3, 0.4) is 0 Å². The molecule has 1 aromatic heterocycles. The van der Waals surface area contributed by atoms with E-state index < -0.39 is 10.0 Å². The first-order valence-electron chi connectivity index (χ1n) is 7.32. The standard InChI is InChI=1S/C14H19N5O3S/c1-18-14(16-11-17-18)10-15-12-3-2-4-13(9-12)23(20,21)19-5-7-22-8-6-19/h2-4,9,11,15H,5-8,10H2,1H3. The highest BCUT2D eigenvalue weighted by Crippen LogP contribution is 2.20. The maximum atomic E-state index is 12.6. The number of anilines is 1. The van der Waals surface area contributed by atoms with E-state index in [1.807, 2.05) is 13.1 Å². The van der Waals surface area contributed by atoms with E-state index in [0.717, 1.165) is 11.5 Å². The summed E-state index contributed by atoms with van der Waals surface area (Å²) >= 11 is 0. The fourth-order valence-electron chi connectivity index (χ4n) is 2.36. The van der Waals surface area contributed by atoms with Crippen molar-refractivity contribution in [1.82, 2.24) is 19.1 Å². The van der Waals surface area contributed by atoms with E-state index in [0.29, 0.717) is 32.8 Å². The minimum Gasteiger partial charge on any atom is -0.379 e. The highest BCUT2D eigenvalue weighted by atomic mass is 32.2. The number of hydrogen-bond acceptors (Lipinski definition) is 6. The highest BCUT2D eigenvalue weighted by molar-refractivity contribution is 7.89. The number of morpholine rings is 1. The van der Waals surface area contributed by atoms with Gasteiger partial charge in [0.2, 0.25) is 10.0 Å². The number of benzene rings is 1. The van der Waals surface area contributed by atoms with Gasteiger partial charge in [-0.15, -0.1) is 0 Å². The number of hydrogen-bond donors (Lipinski definition) is 1. The first kappa shape index (κ1) is 15.9. The first-order valence-corrected chi connectivity index (χ1v) is 8.76. The molecule has 0 aliphatic carbocycles. The van der Waals surface area contributed by atoms with E-state index in [1.165, 1.54) is 10.6 Å². The van der Waals surface area contributed by atoms with Crippen LogP contribution < -0.4 is 5.32 Å². The van der Waals surface area contributed by atoms with Crippen LogP contribution in [0.1, 0.15) is 5.82 Å². The maximum absolute atomic E-state index is 12.6. The molecule has 1 aliphatic rings. The van der Waals surface area contributed by atoms with Crippen LogP contribution in [0.4, 0.5) is 5.69 Å². The Morgan fingerprint density at radius 1 is 1.30 bits per heavy atom. The molecule has 0 unspecified atom stereocenters. The summed E-state index contributed by atoms with van der Waals surface area (Å²) < 4.78 is 33.6. The molecule has 23 heavy (non-hydrogen) atoms. The fraction of sp³-hybridized carbons (Fsp3) is 0.429. The lowest BCUT2D eigenvalue weighted by atomic mass is 10.3. The molecule has 124 valence electrons. The lowest BCUT2D eigenvalue weighted by Gasteiger charge is -2.26. The molecule has 1 fully saturated rings. The molecular formula is C14H19N5O3S. The zero-order chi connectivity index (χ0) is 16.3. The summed E-state index contributed by atoms with van der Waals surface area (Å²) in [6.07, 6.45) is 1.48. The lowest BCUT2D eigenvalue weighted by Crippen LogP contribution is -2.40. The molecule has 1 N–H and O–H groups in total. The average Bonchev–Trinajstić information content (AvgIpc) is 2.99. The summed E-state index contributed by atoms with van der Waals surface area (Å²) in [4.78, 5) is 4.40. The third-order valence-electron chi connectivity index (χ3n) is 3.70. The number of ether oxygens (including phenoxy) is 1. The van der Waals surface area contributed by atoms with Crippen LogP contribution in [0.25, 0.3) is 0 Å². The molecule has 0 spiro atoms. The zero-order valence-electron chi connectivity index (χ0n) is 12.8. The van der Waals surface area contributed by atoms with Crippen molar-refractivity contribution in [2.75, 3.05) is 31.6 Å². The molecule has 1 aromatic carbocycles. The second kappa shape index (κ2) is 6.65. The summed E-state index contributed by atoms with van der Waals surface area (Å²) in [7, 11) is -1.68. The van der Waals surface area contributed by atoms with Crippen molar-refractivity contribution in [2.45, 2.75) is 11.4 Å². The summed E-state index contributed by atoms with van der Waals surface area (Å²) in [6, 6.07) is 6.81. The molecule has 0 saturated carbocycles. The van der Waals surface area contributed by atoms with Crippen molar-refractivity contribution in [3.8, 4) is 0 Å². The minimum atomic E-state index is -3.48. The second-order valence-corrected chi connectivity index (χ2v) is 7.14. The van der Waals surface area contributed by atoms with Gasteiger partial charge in [0.15, 0.2) is 0 Å². The Bertz CT molecular complexity index is 768. The van der Waals surface area contributed by atoms with Crippen molar-refractivity contribution in [2.24, 2.45) is 7.05 Å². The van der Waals surface area contributed by atoms with E-state index in [1.54, 1.807) is 22.9 Å². The topological polar surface area (TPSA) is 89.3 Å². The van der Waals surface area contributed by atoms with Crippen LogP contribution in [0.5, 0.6) is 0 Å². The number of nitrogens with one attached hydrogen (secondary N) is 1. The van der Waals surface area contributed by atoms with Crippen LogP contribution in [-0.2, 0) is 28.4 Å². The molecule has 1 aliphatic heterocycles. The SMILES string of the molecule is Cn1ncnc1CNc1cccc(S(=O)(=O)N2CCOCC2)c1. The van der Waals surface area contributed by atoms with Gasteiger partial charge in [0.1, 0.15) is 12.2 Å². The quantitative estimate of drug-likeness (QED) is 0.852. The maximum Gasteiger partial charge on any atom is 0.243 e. The normalized spacial score (nSPS) is 16.4. The summed E-state index contributed by atoms with van der Waals surface area (Å²) in [6.45, 7) is 2.11. The third kappa shape index (κ3) is 3.52. The van der Waals surface area contributed by atoms with Gasteiger partial charge in [0, 0.05) is 25.8 Å². The van der Waals surface area contributed by atoms with Gasteiger partial charge in [-0.3, -0.25) is 4.68 Å². The number of aromatic nitrogens is 3. The van der Waals surface area contributed by atoms with Crippen molar-refractivity contribution >= 4 is 15.7 Å². The molecule has 0 amide bonds. The second-order valence-electron chi connectivity index (χ2n) is 5.20. The van der Waals surface area contributed by atoms with Crippen LogP contribution in [0, 0.1) is 0 Å². The van der Waals surface area contributed by atoms with Gasteiger partial charge in [0.25, 0.3) is 0 Å². The van der Waals surface area contributed by atoms with Crippen LogP contribution in [0.2, 0.25) is 0 Å². The van der Waals surface area contributed by atoms with Crippen molar-refractivity contribution in [1.29, 1.82) is 0 Å². The van der Waals surface area contributed by atoms with Crippen molar-refractivity contribution < 1.29 is 13.2 Å². The van der Waals surface area contributed by atoms with Crippen molar-refractivity contribution in [3.63, 3.8) is 0 Å². The van der Waals surface area contributed by atoms with Crippen LogP contribution in [0.15, 0.2) is 35.5 Å². The Hall–Kier alpha value is -1.97. The summed E-state index contributed by atoms with van der Waals surface area (Å²) in [5.41, 5.74) is 0.724. The van der Waals surface area contributed by atoms with Gasteiger partial charge in [0.05, 0.1) is 24.7 Å². The lowest BCUT2D eigenvalue weighted by molar-refractivity contribution is 0.0730. The Morgan fingerprint density at radius 3 is 2.78 bits per heavy atom. The molecule has 0 atom stereocenters. The van der Waals surface area contributed by atoms with E-state index >= 15 is 0 Å². The molecule has 2 heterocycles. The van der Waals surface area contributed by atoms with E-state index in [9.17, 15) is 8.42 Å². The van der Waals surface area contributed by atoms with Crippen LogP contribution >= 0.6 is 0 Å². The first-order chi connectivity index (χ1) is 11.1. The molecule has 2 aromatic rings.